The average Bonchev–Trinajstić information content (AvgIpc) is 3.75. The van der Waals surface area contributed by atoms with Gasteiger partial charge in [0.15, 0.2) is 5.60 Å². The minimum atomic E-state index is -1.12. The molecule has 1 aromatic heterocycles. The fourth-order valence-electron chi connectivity index (χ4n) is 6.39. The highest BCUT2D eigenvalue weighted by molar-refractivity contribution is 5.85. The molecule has 0 bridgehead atoms. The van der Waals surface area contributed by atoms with E-state index in [2.05, 4.69) is 44.3 Å². The Hall–Kier alpha value is -4.54. The lowest BCUT2D eigenvalue weighted by Gasteiger charge is -2.38. The number of carbonyl (C=O) groups excluding carboxylic acids is 2. The molecule has 0 spiro atoms. The number of nitrogens with one attached hydrogen (secondary N) is 1. The average molecular weight is 615 g/mol. The van der Waals surface area contributed by atoms with Crippen LogP contribution >= 0.6 is 0 Å². The molecule has 2 N–H and O–H groups in total. The van der Waals surface area contributed by atoms with Crippen LogP contribution in [-0.4, -0.2) is 98.8 Å². The van der Waals surface area contributed by atoms with Gasteiger partial charge in [-0.25, -0.2) is 4.79 Å². The van der Waals surface area contributed by atoms with Gasteiger partial charge in [-0.1, -0.05) is 30.3 Å². The Morgan fingerprint density at radius 2 is 1.71 bits per heavy atom. The van der Waals surface area contributed by atoms with Gasteiger partial charge in [-0.2, -0.15) is 5.10 Å². The Labute approximate surface area is 263 Å². The Morgan fingerprint density at radius 1 is 0.978 bits per heavy atom. The second-order valence-electron chi connectivity index (χ2n) is 12.8. The summed E-state index contributed by atoms with van der Waals surface area (Å²) in [7, 11) is 0. The van der Waals surface area contributed by atoms with Crippen LogP contribution in [0.2, 0.25) is 0 Å². The topological polar surface area (TPSA) is 122 Å². The highest BCUT2D eigenvalue weighted by Gasteiger charge is 2.38. The SMILES string of the molecule is CC(C)(Oc1cccc(N2CCC[C@@H](C(=O)N(Cc3ccc(-c4ccn[nH]4)cc3)C3CC3)C2)c1)C(=O)N1CCN(C(=O)O)CC1. The number of aromatic amines is 1. The summed E-state index contributed by atoms with van der Waals surface area (Å²) >= 11 is 0. The van der Waals surface area contributed by atoms with Gasteiger partial charge in [0.1, 0.15) is 5.75 Å². The molecule has 6 rings (SSSR count). The van der Waals surface area contributed by atoms with Gasteiger partial charge < -0.3 is 29.4 Å². The normalized spacial score (nSPS) is 18.9. The molecule has 238 valence electrons. The van der Waals surface area contributed by atoms with Gasteiger partial charge in [0.05, 0.1) is 11.6 Å². The number of rotatable bonds is 9. The van der Waals surface area contributed by atoms with E-state index in [0.29, 0.717) is 38.0 Å². The molecule has 3 amide bonds. The number of anilines is 1. The van der Waals surface area contributed by atoms with Gasteiger partial charge in [0, 0.05) is 69.8 Å². The van der Waals surface area contributed by atoms with E-state index in [1.165, 1.54) is 4.90 Å². The third-order valence-electron chi connectivity index (χ3n) is 9.07. The Kier molecular flexibility index (Phi) is 8.69. The largest absolute Gasteiger partial charge is 0.478 e. The van der Waals surface area contributed by atoms with Gasteiger partial charge in [0.2, 0.25) is 5.91 Å². The molecule has 3 fully saturated rings. The van der Waals surface area contributed by atoms with Gasteiger partial charge in [0.25, 0.3) is 5.91 Å². The summed E-state index contributed by atoms with van der Waals surface area (Å²) in [5, 5.41) is 16.2. The molecule has 11 heteroatoms. The van der Waals surface area contributed by atoms with Crippen molar-refractivity contribution >= 4 is 23.6 Å². The fourth-order valence-corrected chi connectivity index (χ4v) is 6.39. The van der Waals surface area contributed by atoms with E-state index < -0.39 is 11.7 Å². The van der Waals surface area contributed by atoms with E-state index in [9.17, 15) is 19.5 Å². The van der Waals surface area contributed by atoms with Gasteiger partial charge in [-0.15, -0.1) is 0 Å². The van der Waals surface area contributed by atoms with Crippen LogP contribution in [-0.2, 0) is 16.1 Å². The number of aromatic nitrogens is 2. The molecule has 1 saturated carbocycles. The molecule has 45 heavy (non-hydrogen) atoms. The summed E-state index contributed by atoms with van der Waals surface area (Å²) in [6.07, 6.45) is 4.67. The molecular formula is C34H42N6O5. The number of hydrogen-bond acceptors (Lipinski definition) is 6. The molecule has 1 aliphatic carbocycles. The monoisotopic (exact) mass is 614 g/mol. The molecule has 2 aromatic carbocycles. The first-order valence-corrected chi connectivity index (χ1v) is 15.9. The minimum absolute atomic E-state index is 0.0873. The zero-order valence-electron chi connectivity index (χ0n) is 26.0. The van der Waals surface area contributed by atoms with Crippen LogP contribution in [0.4, 0.5) is 10.5 Å². The third kappa shape index (κ3) is 7.08. The number of piperazine rings is 1. The predicted octanol–water partition coefficient (Wildman–Crippen LogP) is 4.46. The lowest BCUT2D eigenvalue weighted by Crippen LogP contribution is -2.56. The van der Waals surface area contributed by atoms with Crippen LogP contribution in [0.15, 0.2) is 60.8 Å². The fraction of sp³-hybridized carbons (Fsp3) is 0.471. The van der Waals surface area contributed by atoms with Crippen molar-refractivity contribution in [1.82, 2.24) is 24.9 Å². The summed E-state index contributed by atoms with van der Waals surface area (Å²) in [5.74, 6) is 0.553. The van der Waals surface area contributed by atoms with Crippen molar-refractivity contribution < 1.29 is 24.2 Å². The first-order chi connectivity index (χ1) is 21.7. The number of benzene rings is 2. The Balaban J connectivity index is 1.08. The van der Waals surface area contributed by atoms with E-state index in [1.54, 1.807) is 24.9 Å². The van der Waals surface area contributed by atoms with E-state index in [0.717, 1.165) is 54.7 Å². The minimum Gasteiger partial charge on any atom is -0.478 e. The Morgan fingerprint density at radius 3 is 2.38 bits per heavy atom. The van der Waals surface area contributed by atoms with E-state index in [1.807, 2.05) is 30.3 Å². The zero-order chi connectivity index (χ0) is 31.6. The van der Waals surface area contributed by atoms with Crippen LogP contribution < -0.4 is 9.64 Å². The molecule has 2 aliphatic heterocycles. The molecule has 2 saturated heterocycles. The quantitative estimate of drug-likeness (QED) is 0.365. The third-order valence-corrected chi connectivity index (χ3v) is 9.07. The molecule has 3 aromatic rings. The second kappa shape index (κ2) is 12.8. The van der Waals surface area contributed by atoms with E-state index in [-0.39, 0.29) is 30.8 Å². The van der Waals surface area contributed by atoms with Crippen LogP contribution in [0.25, 0.3) is 11.3 Å². The predicted molar refractivity (Wildman–Crippen MR) is 170 cm³/mol. The van der Waals surface area contributed by atoms with Crippen LogP contribution in [0, 0.1) is 5.92 Å². The smallest absolute Gasteiger partial charge is 0.407 e. The molecule has 3 aliphatic rings. The van der Waals surface area contributed by atoms with Gasteiger partial charge in [-0.3, -0.25) is 14.7 Å². The lowest BCUT2D eigenvalue weighted by atomic mass is 9.95. The van der Waals surface area contributed by atoms with Crippen molar-refractivity contribution in [2.45, 2.75) is 57.7 Å². The van der Waals surface area contributed by atoms with Crippen molar-refractivity contribution in [2.75, 3.05) is 44.2 Å². The summed E-state index contributed by atoms with van der Waals surface area (Å²) in [4.78, 5) is 45.8. The number of hydrogen-bond donors (Lipinski definition) is 2. The maximum Gasteiger partial charge on any atom is 0.407 e. The number of nitrogens with zero attached hydrogens (tertiary/aromatic N) is 5. The molecular weight excluding hydrogens is 572 g/mol. The van der Waals surface area contributed by atoms with Crippen molar-refractivity contribution in [3.63, 3.8) is 0 Å². The maximum absolute atomic E-state index is 13.9. The highest BCUT2D eigenvalue weighted by atomic mass is 16.5. The standard InChI is InChI=1S/C34H42N6O5/c1-34(2,32(42)37-17-19-38(20-18-37)33(43)44)45-29-7-3-6-28(21-29)39-16-4-5-26(23-39)31(41)40(27-12-13-27)22-24-8-10-25(11-9-24)30-14-15-35-36-30/h3,6-11,14-15,21,26-27H,4-5,12-13,16-20,22-23H2,1-2H3,(H,35,36)(H,43,44)/t26-/m1/s1. The first kappa shape index (κ1) is 30.5. The van der Waals surface area contributed by atoms with Crippen molar-refractivity contribution in [3.8, 4) is 17.0 Å². The highest BCUT2D eigenvalue weighted by Crippen LogP contribution is 2.34. The molecule has 0 unspecified atom stereocenters. The summed E-state index contributed by atoms with van der Waals surface area (Å²) < 4.78 is 6.24. The summed E-state index contributed by atoms with van der Waals surface area (Å²) in [6, 6.07) is 18.3. The van der Waals surface area contributed by atoms with Crippen molar-refractivity contribution in [3.05, 3.63) is 66.4 Å². The molecule has 1 atom stereocenters. The summed E-state index contributed by atoms with van der Waals surface area (Å²) in [6.45, 7) is 6.86. The Bertz CT molecular complexity index is 1500. The number of H-pyrrole nitrogens is 1. The van der Waals surface area contributed by atoms with Crippen LogP contribution in [0.3, 0.4) is 0 Å². The van der Waals surface area contributed by atoms with Crippen LogP contribution in [0.1, 0.15) is 45.1 Å². The number of amides is 3. The van der Waals surface area contributed by atoms with Crippen molar-refractivity contribution in [2.24, 2.45) is 5.92 Å². The van der Waals surface area contributed by atoms with E-state index >= 15 is 0 Å². The summed E-state index contributed by atoms with van der Waals surface area (Å²) in [5.41, 5.74) is 3.01. The zero-order valence-corrected chi connectivity index (χ0v) is 26.0. The molecule has 3 heterocycles. The first-order valence-electron chi connectivity index (χ1n) is 15.9. The number of ether oxygens (including phenoxy) is 1. The van der Waals surface area contributed by atoms with Crippen LogP contribution in [0.5, 0.6) is 5.75 Å². The number of piperidine rings is 1. The maximum atomic E-state index is 13.9. The lowest BCUT2D eigenvalue weighted by molar-refractivity contribution is -0.147. The number of carboxylic acid groups (broad SMARTS) is 1. The van der Waals surface area contributed by atoms with Gasteiger partial charge >= 0.3 is 6.09 Å². The molecule has 11 nitrogen and oxygen atoms in total. The second-order valence-corrected chi connectivity index (χ2v) is 12.8. The van der Waals surface area contributed by atoms with Gasteiger partial charge in [-0.05, 0) is 68.9 Å². The van der Waals surface area contributed by atoms with E-state index in [4.69, 9.17) is 4.74 Å². The van der Waals surface area contributed by atoms with Crippen molar-refractivity contribution in [1.29, 1.82) is 0 Å². The number of carbonyl (C=O) groups is 3. The molecule has 0 radical (unpaired) electrons.